The Bertz CT molecular complexity index is 319. The molecule has 2 rings (SSSR count). The Labute approximate surface area is 95.0 Å². The maximum atomic E-state index is 12.0. The van der Waals surface area contributed by atoms with Gasteiger partial charge >= 0.3 is 0 Å². The third kappa shape index (κ3) is 1.91. The van der Waals surface area contributed by atoms with Gasteiger partial charge in [-0.3, -0.25) is 9.59 Å². The second-order valence-corrected chi connectivity index (χ2v) is 5.02. The molecule has 5 nitrogen and oxygen atoms in total. The number of hydrogen-bond donors (Lipinski definition) is 1. The molecule has 1 atom stereocenters. The first-order chi connectivity index (χ1) is 7.43. The highest BCUT2D eigenvalue weighted by molar-refractivity contribution is 5.89. The molecule has 0 spiro atoms. The summed E-state index contributed by atoms with van der Waals surface area (Å²) in [7, 11) is 0. The standard InChI is InChI=1S/C11H18N2O3/c1-3-12-5-8(4-9(12)14)10(15)13-6-11(2,16)7-13/h8,16H,3-7H2,1-2H3. The minimum Gasteiger partial charge on any atom is -0.386 e. The first-order valence-corrected chi connectivity index (χ1v) is 5.72. The van der Waals surface area contributed by atoms with Gasteiger partial charge in [0.25, 0.3) is 0 Å². The molecule has 0 aromatic heterocycles. The van der Waals surface area contributed by atoms with Crippen LogP contribution in [0.5, 0.6) is 0 Å². The smallest absolute Gasteiger partial charge is 0.228 e. The van der Waals surface area contributed by atoms with Crippen molar-refractivity contribution in [1.82, 2.24) is 9.80 Å². The first-order valence-electron chi connectivity index (χ1n) is 5.72. The van der Waals surface area contributed by atoms with E-state index in [9.17, 15) is 14.7 Å². The molecule has 0 aromatic carbocycles. The van der Waals surface area contributed by atoms with E-state index in [1.54, 1.807) is 16.7 Å². The lowest BCUT2D eigenvalue weighted by atomic mass is 9.94. The highest BCUT2D eigenvalue weighted by Crippen LogP contribution is 2.26. The minimum absolute atomic E-state index is 0.0100. The fraction of sp³-hybridized carbons (Fsp3) is 0.818. The second-order valence-electron chi connectivity index (χ2n) is 5.02. The van der Waals surface area contributed by atoms with Gasteiger partial charge in [-0.25, -0.2) is 0 Å². The van der Waals surface area contributed by atoms with E-state index in [4.69, 9.17) is 0 Å². The number of hydrogen-bond acceptors (Lipinski definition) is 3. The predicted octanol–water partition coefficient (Wildman–Crippen LogP) is -0.552. The van der Waals surface area contributed by atoms with Crippen LogP contribution in [0.2, 0.25) is 0 Å². The van der Waals surface area contributed by atoms with Crippen molar-refractivity contribution >= 4 is 11.8 Å². The number of β-amino-alcohol motifs (C(OH)–C–C–N with tert-alkyl or cyclic N) is 1. The maximum absolute atomic E-state index is 12.0. The van der Waals surface area contributed by atoms with Gasteiger partial charge in [-0.1, -0.05) is 0 Å². The summed E-state index contributed by atoms with van der Waals surface area (Å²) in [6.45, 7) is 5.62. The first kappa shape index (κ1) is 11.4. The van der Waals surface area contributed by atoms with Crippen LogP contribution in [0, 0.1) is 5.92 Å². The summed E-state index contributed by atoms with van der Waals surface area (Å²) >= 11 is 0. The Balaban J connectivity index is 1.91. The van der Waals surface area contributed by atoms with Crippen molar-refractivity contribution in [1.29, 1.82) is 0 Å². The van der Waals surface area contributed by atoms with E-state index in [0.29, 0.717) is 32.6 Å². The molecule has 2 saturated heterocycles. The van der Waals surface area contributed by atoms with Crippen molar-refractivity contribution in [3.63, 3.8) is 0 Å². The molecule has 2 aliphatic rings. The molecular formula is C11H18N2O3. The van der Waals surface area contributed by atoms with Gasteiger partial charge in [-0.05, 0) is 13.8 Å². The van der Waals surface area contributed by atoms with E-state index < -0.39 is 5.60 Å². The molecule has 1 unspecified atom stereocenters. The molecule has 1 N–H and O–H groups in total. The summed E-state index contributed by atoms with van der Waals surface area (Å²) in [6, 6.07) is 0. The number of rotatable bonds is 2. The van der Waals surface area contributed by atoms with Gasteiger partial charge in [0.05, 0.1) is 24.6 Å². The van der Waals surface area contributed by atoms with E-state index in [2.05, 4.69) is 0 Å². The van der Waals surface area contributed by atoms with E-state index in [1.165, 1.54) is 0 Å². The van der Waals surface area contributed by atoms with Crippen LogP contribution in [0.3, 0.4) is 0 Å². The number of amides is 2. The van der Waals surface area contributed by atoms with Crippen molar-refractivity contribution in [2.24, 2.45) is 5.92 Å². The number of carbonyl (C=O) groups excluding carboxylic acids is 2. The fourth-order valence-corrected chi connectivity index (χ4v) is 2.43. The van der Waals surface area contributed by atoms with Crippen LogP contribution in [0.15, 0.2) is 0 Å². The predicted molar refractivity (Wildman–Crippen MR) is 57.6 cm³/mol. The highest BCUT2D eigenvalue weighted by atomic mass is 16.3. The van der Waals surface area contributed by atoms with Crippen molar-refractivity contribution in [3.8, 4) is 0 Å². The van der Waals surface area contributed by atoms with Crippen LogP contribution >= 0.6 is 0 Å². The van der Waals surface area contributed by atoms with Gasteiger partial charge in [-0.15, -0.1) is 0 Å². The van der Waals surface area contributed by atoms with E-state index in [1.807, 2.05) is 6.92 Å². The van der Waals surface area contributed by atoms with Crippen LogP contribution in [0.4, 0.5) is 0 Å². The number of carbonyl (C=O) groups is 2. The quantitative estimate of drug-likeness (QED) is 0.687. The number of nitrogens with zero attached hydrogens (tertiary/aromatic N) is 2. The summed E-state index contributed by atoms with van der Waals surface area (Å²) in [6.07, 6.45) is 0.325. The zero-order chi connectivity index (χ0) is 11.9. The average molecular weight is 226 g/mol. The molecule has 0 aromatic rings. The molecule has 0 aliphatic carbocycles. The molecule has 2 heterocycles. The molecular weight excluding hydrogens is 208 g/mol. The highest BCUT2D eigenvalue weighted by Gasteiger charge is 2.44. The van der Waals surface area contributed by atoms with Gasteiger partial charge in [0, 0.05) is 19.5 Å². The van der Waals surface area contributed by atoms with Gasteiger partial charge in [0.2, 0.25) is 11.8 Å². The zero-order valence-electron chi connectivity index (χ0n) is 9.77. The Morgan fingerprint density at radius 3 is 2.62 bits per heavy atom. The molecule has 0 saturated carbocycles. The van der Waals surface area contributed by atoms with Crippen molar-refractivity contribution in [2.45, 2.75) is 25.9 Å². The number of aliphatic hydroxyl groups is 1. The van der Waals surface area contributed by atoms with Crippen LogP contribution in [0.1, 0.15) is 20.3 Å². The molecule has 5 heteroatoms. The summed E-state index contributed by atoms with van der Waals surface area (Å²) in [5, 5.41) is 9.55. The SMILES string of the molecule is CCN1CC(C(=O)N2CC(C)(O)C2)CC1=O. The van der Waals surface area contributed by atoms with Gasteiger partial charge in [-0.2, -0.15) is 0 Å². The maximum Gasteiger partial charge on any atom is 0.228 e. The fourth-order valence-electron chi connectivity index (χ4n) is 2.43. The van der Waals surface area contributed by atoms with E-state index >= 15 is 0 Å². The minimum atomic E-state index is -0.733. The molecule has 2 amide bonds. The average Bonchev–Trinajstić information content (AvgIpc) is 2.54. The molecule has 2 aliphatic heterocycles. The lowest BCUT2D eigenvalue weighted by Crippen LogP contribution is -2.62. The molecule has 90 valence electrons. The van der Waals surface area contributed by atoms with E-state index in [-0.39, 0.29) is 17.7 Å². The number of likely N-dealkylation sites (tertiary alicyclic amines) is 2. The Morgan fingerprint density at radius 1 is 1.56 bits per heavy atom. The Kier molecular flexibility index (Phi) is 2.66. The van der Waals surface area contributed by atoms with Gasteiger partial charge in [0.1, 0.15) is 0 Å². The second kappa shape index (κ2) is 3.73. The third-order valence-electron chi connectivity index (χ3n) is 3.32. The normalized spacial score (nSPS) is 28.2. The monoisotopic (exact) mass is 226 g/mol. The third-order valence-corrected chi connectivity index (χ3v) is 3.32. The summed E-state index contributed by atoms with van der Waals surface area (Å²) < 4.78 is 0. The summed E-state index contributed by atoms with van der Waals surface area (Å²) in [5.74, 6) is -0.132. The van der Waals surface area contributed by atoms with Crippen molar-refractivity contribution in [3.05, 3.63) is 0 Å². The summed E-state index contributed by atoms with van der Waals surface area (Å²) in [5.41, 5.74) is -0.733. The Hall–Kier alpha value is -1.10. The largest absolute Gasteiger partial charge is 0.386 e. The van der Waals surface area contributed by atoms with E-state index in [0.717, 1.165) is 0 Å². The van der Waals surface area contributed by atoms with Crippen molar-refractivity contribution < 1.29 is 14.7 Å². The van der Waals surface area contributed by atoms with Crippen LogP contribution < -0.4 is 0 Å². The Morgan fingerprint density at radius 2 is 2.19 bits per heavy atom. The molecule has 16 heavy (non-hydrogen) atoms. The molecule has 0 radical (unpaired) electrons. The van der Waals surface area contributed by atoms with Crippen LogP contribution in [-0.2, 0) is 9.59 Å². The zero-order valence-corrected chi connectivity index (χ0v) is 9.77. The lowest BCUT2D eigenvalue weighted by molar-refractivity contribution is -0.156. The summed E-state index contributed by atoms with van der Waals surface area (Å²) in [4.78, 5) is 26.8. The van der Waals surface area contributed by atoms with Gasteiger partial charge in [0.15, 0.2) is 0 Å². The van der Waals surface area contributed by atoms with Crippen LogP contribution in [-0.4, -0.2) is 58.5 Å². The van der Waals surface area contributed by atoms with Crippen molar-refractivity contribution in [2.75, 3.05) is 26.2 Å². The molecule has 2 fully saturated rings. The van der Waals surface area contributed by atoms with Crippen LogP contribution in [0.25, 0.3) is 0 Å². The lowest BCUT2D eigenvalue weighted by Gasteiger charge is -2.45. The topological polar surface area (TPSA) is 60.9 Å². The van der Waals surface area contributed by atoms with Gasteiger partial charge < -0.3 is 14.9 Å². The molecule has 0 bridgehead atoms.